The number of fused-ring (bicyclic) bond motifs is 1. The lowest BCUT2D eigenvalue weighted by molar-refractivity contribution is -0.141. The third kappa shape index (κ3) is 8.71. The van der Waals surface area contributed by atoms with Crippen LogP contribution in [0.25, 0.3) is 6.08 Å². The number of aliphatic hydroxyl groups is 3. The largest absolute Gasteiger partial charge is 0.489 e. The summed E-state index contributed by atoms with van der Waals surface area (Å²) in [6, 6.07) is 12.7. The minimum absolute atomic E-state index is 0.0377. The Morgan fingerprint density at radius 1 is 1.04 bits per heavy atom. The number of carbonyl (C=O) groups is 3. The Morgan fingerprint density at radius 2 is 1.82 bits per heavy atom. The van der Waals surface area contributed by atoms with Crippen LogP contribution in [-0.2, 0) is 21.0 Å². The van der Waals surface area contributed by atoms with Gasteiger partial charge in [-0.05, 0) is 80.0 Å². The first-order valence-corrected chi connectivity index (χ1v) is 15.9. The van der Waals surface area contributed by atoms with E-state index >= 15 is 0 Å². The topological polar surface area (TPSA) is 158 Å². The molecule has 0 radical (unpaired) electrons. The van der Waals surface area contributed by atoms with Gasteiger partial charge >= 0.3 is 5.97 Å². The van der Waals surface area contributed by atoms with Crippen LogP contribution in [0.1, 0.15) is 76.2 Å². The van der Waals surface area contributed by atoms with Crippen molar-refractivity contribution in [3.05, 3.63) is 70.7 Å². The summed E-state index contributed by atoms with van der Waals surface area (Å²) in [7, 11) is 0. The van der Waals surface area contributed by atoms with E-state index in [9.17, 15) is 29.7 Å². The summed E-state index contributed by atoms with van der Waals surface area (Å²) >= 11 is 0. The number of aliphatic hydroxyl groups excluding tert-OH is 3. The van der Waals surface area contributed by atoms with Gasteiger partial charge in [0.15, 0.2) is 0 Å². The molecule has 0 unspecified atom stereocenters. The van der Waals surface area contributed by atoms with Crippen LogP contribution < -0.4 is 4.74 Å². The average molecular weight is 624 g/mol. The second-order valence-electron chi connectivity index (χ2n) is 11.9. The van der Waals surface area contributed by atoms with E-state index in [4.69, 9.17) is 14.3 Å². The van der Waals surface area contributed by atoms with Gasteiger partial charge in [-0.3, -0.25) is 19.3 Å². The maximum atomic E-state index is 13.7. The molecule has 45 heavy (non-hydrogen) atoms. The van der Waals surface area contributed by atoms with Crippen LogP contribution in [0.15, 0.2) is 63.6 Å². The number of para-hydroxylation sites is 1. The smallest absolute Gasteiger partial charge is 0.303 e. The summed E-state index contributed by atoms with van der Waals surface area (Å²) in [5.41, 5.74) is 2.35. The predicted octanol–water partition coefficient (Wildman–Crippen LogP) is 4.73. The molecule has 2 aliphatic rings. The molecule has 1 aliphatic carbocycles. The zero-order valence-corrected chi connectivity index (χ0v) is 25.9. The van der Waals surface area contributed by atoms with Gasteiger partial charge in [0, 0.05) is 18.9 Å². The fourth-order valence-electron chi connectivity index (χ4n) is 6.61. The van der Waals surface area contributed by atoms with Gasteiger partial charge in [-0.2, -0.15) is 0 Å². The molecule has 10 heteroatoms. The second kappa shape index (κ2) is 16.5. The summed E-state index contributed by atoms with van der Waals surface area (Å²) in [6.45, 7) is 1.79. The lowest BCUT2D eigenvalue weighted by Crippen LogP contribution is -2.40. The Kier molecular flexibility index (Phi) is 12.6. The van der Waals surface area contributed by atoms with Crippen LogP contribution in [0, 0.1) is 17.8 Å². The molecule has 1 aromatic heterocycles. The molecule has 2 amide bonds. The Bertz CT molecular complexity index is 1360. The fraction of sp³-hybridized carbons (Fsp3) is 0.514. The molecule has 4 rings (SSSR count). The lowest BCUT2D eigenvalue weighted by Gasteiger charge is -2.36. The average Bonchev–Trinajstić information content (AvgIpc) is 3.59. The number of furan rings is 1. The Balaban J connectivity index is 1.56. The number of rotatable bonds is 18. The number of carboxylic acid groups (broad SMARTS) is 1. The highest BCUT2D eigenvalue weighted by atomic mass is 16.5. The first-order chi connectivity index (χ1) is 21.8. The normalized spacial score (nSPS) is 20.9. The predicted molar refractivity (Wildman–Crippen MR) is 167 cm³/mol. The van der Waals surface area contributed by atoms with Crippen molar-refractivity contribution in [2.75, 3.05) is 19.8 Å². The Morgan fingerprint density at radius 3 is 2.49 bits per heavy atom. The molecule has 2 aromatic rings. The third-order valence-corrected chi connectivity index (χ3v) is 8.75. The fourth-order valence-corrected chi connectivity index (χ4v) is 6.61. The number of likely N-dealkylation sites (tertiary alicyclic amines) is 1. The van der Waals surface area contributed by atoms with Gasteiger partial charge < -0.3 is 29.6 Å². The summed E-state index contributed by atoms with van der Waals surface area (Å²) in [4.78, 5) is 39.3. The van der Waals surface area contributed by atoms with Gasteiger partial charge in [0.2, 0.25) is 11.8 Å². The standard InChI is InChI=1S/C35H45NO9/c1-2-9-23(18-26-14-15-27(20-37)45-26)13-16-30(39)32-24(22-44-25-10-5-3-6-11-25)19-28-33(29(32)21-38)35(43)36(34(28)42)17-8-4-7-12-31(40)41/h3,5-6,10-11,14-15,18,28-30,33,37-39H,2,4,7-9,12-13,16-17,19-22H2,1H3,(H,40,41)/b23-18+/t28-,29+,30-,33-/m1/s1. The van der Waals surface area contributed by atoms with Gasteiger partial charge in [-0.15, -0.1) is 0 Å². The number of carboxylic acids is 1. The number of hydrogen-bond acceptors (Lipinski definition) is 8. The van der Waals surface area contributed by atoms with E-state index in [-0.39, 0.29) is 44.4 Å². The highest BCUT2D eigenvalue weighted by Crippen LogP contribution is 2.46. The molecule has 10 nitrogen and oxygen atoms in total. The van der Waals surface area contributed by atoms with Crippen molar-refractivity contribution in [3.8, 4) is 5.75 Å². The maximum Gasteiger partial charge on any atom is 0.303 e. The highest BCUT2D eigenvalue weighted by Gasteiger charge is 2.54. The van der Waals surface area contributed by atoms with Gasteiger partial charge in [-0.25, -0.2) is 0 Å². The quantitative estimate of drug-likeness (QED) is 0.105. The molecule has 4 N–H and O–H groups in total. The first kappa shape index (κ1) is 34.1. The number of carbonyl (C=O) groups excluding carboxylic acids is 2. The minimum Gasteiger partial charge on any atom is -0.489 e. The van der Waals surface area contributed by atoms with E-state index in [1.165, 1.54) is 4.90 Å². The van der Waals surface area contributed by atoms with Gasteiger partial charge in [-0.1, -0.05) is 43.5 Å². The summed E-state index contributed by atoms with van der Waals surface area (Å²) < 4.78 is 11.7. The molecule has 0 saturated carbocycles. The summed E-state index contributed by atoms with van der Waals surface area (Å²) in [5.74, 6) is -1.97. The van der Waals surface area contributed by atoms with Crippen LogP contribution in [-0.4, -0.2) is 69.0 Å². The first-order valence-electron chi connectivity index (χ1n) is 15.9. The zero-order valence-electron chi connectivity index (χ0n) is 25.9. The molecule has 0 spiro atoms. The van der Waals surface area contributed by atoms with E-state index in [1.54, 1.807) is 12.1 Å². The molecule has 0 bridgehead atoms. The molecule has 2 heterocycles. The number of imide groups is 1. The van der Waals surface area contributed by atoms with Crippen LogP contribution in [0.5, 0.6) is 5.75 Å². The van der Waals surface area contributed by atoms with Gasteiger partial charge in [0.25, 0.3) is 0 Å². The minimum atomic E-state index is -0.977. The van der Waals surface area contributed by atoms with E-state index in [1.807, 2.05) is 36.4 Å². The SMILES string of the molecule is CCC/C(=C\c1ccc(CO)o1)CC[C@@H](O)C1=C(COc2ccccc2)C[C@H]2C(=O)N(CCCCCC(=O)O)C(=O)[C@H]2[C@H]1CO. The van der Waals surface area contributed by atoms with E-state index < -0.39 is 36.4 Å². The number of benzene rings is 1. The molecule has 1 aromatic carbocycles. The molecule has 1 saturated heterocycles. The number of amides is 2. The van der Waals surface area contributed by atoms with Crippen molar-refractivity contribution >= 4 is 23.9 Å². The second-order valence-corrected chi connectivity index (χ2v) is 11.9. The molecular weight excluding hydrogens is 578 g/mol. The molecule has 244 valence electrons. The Labute approximate surface area is 264 Å². The number of unbranched alkanes of at least 4 members (excludes halogenated alkanes) is 2. The van der Waals surface area contributed by atoms with Crippen molar-refractivity contribution in [1.82, 2.24) is 4.90 Å². The van der Waals surface area contributed by atoms with Crippen molar-refractivity contribution in [3.63, 3.8) is 0 Å². The zero-order chi connectivity index (χ0) is 32.3. The number of hydrogen-bond donors (Lipinski definition) is 4. The van der Waals surface area contributed by atoms with Crippen LogP contribution in [0.4, 0.5) is 0 Å². The van der Waals surface area contributed by atoms with E-state index in [2.05, 4.69) is 6.92 Å². The number of allylic oxidation sites excluding steroid dienone is 1. The van der Waals surface area contributed by atoms with Crippen molar-refractivity contribution < 1.29 is 44.0 Å². The van der Waals surface area contributed by atoms with E-state index in [0.29, 0.717) is 54.9 Å². The lowest BCUT2D eigenvalue weighted by atomic mass is 9.68. The number of nitrogens with zero attached hydrogens (tertiary/aromatic N) is 1. The summed E-state index contributed by atoms with van der Waals surface area (Å²) in [6.07, 6.45) is 5.34. The third-order valence-electron chi connectivity index (χ3n) is 8.75. The summed E-state index contributed by atoms with van der Waals surface area (Å²) in [5, 5.41) is 40.6. The molecule has 1 aliphatic heterocycles. The van der Waals surface area contributed by atoms with Gasteiger partial charge in [0.05, 0.1) is 24.5 Å². The Hall–Kier alpha value is -3.73. The van der Waals surface area contributed by atoms with Crippen molar-refractivity contribution in [2.45, 2.75) is 77.4 Å². The monoisotopic (exact) mass is 623 g/mol. The van der Waals surface area contributed by atoms with Crippen LogP contribution in [0.3, 0.4) is 0 Å². The van der Waals surface area contributed by atoms with Crippen molar-refractivity contribution in [1.29, 1.82) is 0 Å². The molecular formula is C35H45NO9. The molecule has 1 fully saturated rings. The maximum absolute atomic E-state index is 13.7. The van der Waals surface area contributed by atoms with Crippen LogP contribution >= 0.6 is 0 Å². The number of aliphatic carboxylic acids is 1. The molecule has 4 atom stereocenters. The van der Waals surface area contributed by atoms with Gasteiger partial charge in [0.1, 0.15) is 30.5 Å². The van der Waals surface area contributed by atoms with Crippen molar-refractivity contribution in [2.24, 2.45) is 17.8 Å². The van der Waals surface area contributed by atoms with E-state index in [0.717, 1.165) is 24.0 Å². The number of ether oxygens (including phenoxy) is 1. The highest BCUT2D eigenvalue weighted by molar-refractivity contribution is 6.05. The van der Waals surface area contributed by atoms with Crippen LogP contribution in [0.2, 0.25) is 0 Å².